The number of nitrogens with one attached hydrogen (secondary N) is 1. The van der Waals surface area contributed by atoms with Crippen molar-refractivity contribution in [2.45, 2.75) is 51.5 Å². The molecule has 0 radical (unpaired) electrons. The van der Waals surface area contributed by atoms with E-state index in [4.69, 9.17) is 14.2 Å². The van der Waals surface area contributed by atoms with Crippen LogP contribution >= 0.6 is 0 Å². The molecule has 2 aliphatic heterocycles. The Kier molecular flexibility index (Phi) is 5.44. The molecular weight excluding hydrogens is 322 g/mol. The van der Waals surface area contributed by atoms with Gasteiger partial charge in [-0.25, -0.2) is 9.78 Å². The first-order valence-electron chi connectivity index (χ1n) is 8.93. The molecule has 7 heteroatoms. The van der Waals surface area contributed by atoms with Gasteiger partial charge >= 0.3 is 6.03 Å². The SMILES string of the molecule is CCOc1ncccc1CNC(=O)N1C[C@H](C)O[C@@]2(CCO[C@H]2C)C1. The molecule has 25 heavy (non-hydrogen) atoms. The predicted molar refractivity (Wildman–Crippen MR) is 92.5 cm³/mol. The van der Waals surface area contributed by atoms with E-state index in [9.17, 15) is 4.79 Å². The molecule has 2 saturated heterocycles. The molecule has 1 aromatic heterocycles. The molecule has 3 atom stereocenters. The van der Waals surface area contributed by atoms with Gasteiger partial charge in [0, 0.05) is 37.9 Å². The van der Waals surface area contributed by atoms with Crippen molar-refractivity contribution < 1.29 is 19.0 Å². The third kappa shape index (κ3) is 3.88. The number of urea groups is 1. The fourth-order valence-electron chi connectivity index (χ4n) is 3.56. The van der Waals surface area contributed by atoms with E-state index in [0.29, 0.717) is 38.7 Å². The van der Waals surface area contributed by atoms with E-state index in [1.54, 1.807) is 6.20 Å². The lowest BCUT2D eigenvalue weighted by molar-refractivity contribution is -0.159. The van der Waals surface area contributed by atoms with Crippen molar-refractivity contribution in [1.29, 1.82) is 0 Å². The highest BCUT2D eigenvalue weighted by atomic mass is 16.6. The molecule has 3 heterocycles. The van der Waals surface area contributed by atoms with Crippen LogP contribution in [-0.4, -0.2) is 60.0 Å². The van der Waals surface area contributed by atoms with E-state index in [1.165, 1.54) is 0 Å². The van der Waals surface area contributed by atoms with Gasteiger partial charge in [-0.3, -0.25) is 0 Å². The molecule has 7 nitrogen and oxygen atoms in total. The summed E-state index contributed by atoms with van der Waals surface area (Å²) in [4.78, 5) is 18.7. The number of hydrogen-bond donors (Lipinski definition) is 1. The molecule has 1 N–H and O–H groups in total. The molecule has 0 saturated carbocycles. The van der Waals surface area contributed by atoms with Crippen LogP contribution in [0.4, 0.5) is 4.79 Å². The Morgan fingerprint density at radius 1 is 1.52 bits per heavy atom. The lowest BCUT2D eigenvalue weighted by Gasteiger charge is -2.45. The number of pyridine rings is 1. The summed E-state index contributed by atoms with van der Waals surface area (Å²) in [7, 11) is 0. The molecule has 2 amide bonds. The van der Waals surface area contributed by atoms with Gasteiger partial charge in [-0.05, 0) is 26.8 Å². The van der Waals surface area contributed by atoms with Crippen molar-refractivity contribution in [3.05, 3.63) is 23.9 Å². The number of nitrogens with zero attached hydrogens (tertiary/aromatic N) is 2. The van der Waals surface area contributed by atoms with E-state index < -0.39 is 0 Å². The van der Waals surface area contributed by atoms with Crippen LogP contribution in [0.5, 0.6) is 5.88 Å². The molecule has 0 bridgehead atoms. The minimum atomic E-state index is -0.389. The van der Waals surface area contributed by atoms with Gasteiger partial charge in [0.25, 0.3) is 0 Å². The maximum atomic E-state index is 12.7. The highest BCUT2D eigenvalue weighted by Gasteiger charge is 2.48. The predicted octanol–water partition coefficient (Wildman–Crippen LogP) is 1.96. The third-order valence-electron chi connectivity index (χ3n) is 4.85. The fourth-order valence-corrected chi connectivity index (χ4v) is 3.56. The number of hydrogen-bond acceptors (Lipinski definition) is 5. The topological polar surface area (TPSA) is 72.9 Å². The van der Waals surface area contributed by atoms with Gasteiger partial charge < -0.3 is 24.4 Å². The lowest BCUT2D eigenvalue weighted by atomic mass is 9.93. The lowest BCUT2D eigenvalue weighted by Crippen LogP contribution is -2.60. The molecular formula is C18H27N3O4. The Hall–Kier alpha value is -1.86. The number of amides is 2. The second kappa shape index (κ2) is 7.58. The van der Waals surface area contributed by atoms with Gasteiger partial charge in [-0.2, -0.15) is 0 Å². The Morgan fingerprint density at radius 2 is 2.36 bits per heavy atom. The van der Waals surface area contributed by atoms with Gasteiger partial charge in [0.15, 0.2) is 0 Å². The summed E-state index contributed by atoms with van der Waals surface area (Å²) in [5.41, 5.74) is 0.478. The summed E-state index contributed by atoms with van der Waals surface area (Å²) in [6.07, 6.45) is 2.49. The molecule has 1 aromatic rings. The van der Waals surface area contributed by atoms with Crippen LogP contribution in [0.2, 0.25) is 0 Å². The maximum absolute atomic E-state index is 12.7. The van der Waals surface area contributed by atoms with Crippen LogP contribution in [0.15, 0.2) is 18.3 Å². The quantitative estimate of drug-likeness (QED) is 0.900. The summed E-state index contributed by atoms with van der Waals surface area (Å²) in [5.74, 6) is 0.565. The van der Waals surface area contributed by atoms with Crippen LogP contribution in [0.25, 0.3) is 0 Å². The minimum Gasteiger partial charge on any atom is -0.478 e. The number of ether oxygens (including phenoxy) is 3. The monoisotopic (exact) mass is 349 g/mol. The summed E-state index contributed by atoms with van der Waals surface area (Å²) >= 11 is 0. The fraction of sp³-hybridized carbons (Fsp3) is 0.667. The van der Waals surface area contributed by atoms with Crippen molar-refractivity contribution in [3.63, 3.8) is 0 Å². The van der Waals surface area contributed by atoms with Crippen LogP contribution in [0.1, 0.15) is 32.8 Å². The second-order valence-electron chi connectivity index (χ2n) is 6.70. The van der Waals surface area contributed by atoms with E-state index in [0.717, 1.165) is 12.0 Å². The number of rotatable bonds is 4. The van der Waals surface area contributed by atoms with Crippen LogP contribution in [0, 0.1) is 0 Å². The smallest absolute Gasteiger partial charge is 0.317 e. The van der Waals surface area contributed by atoms with Gasteiger partial charge in [-0.1, -0.05) is 6.07 Å². The van der Waals surface area contributed by atoms with Gasteiger partial charge in [0.1, 0.15) is 5.60 Å². The Labute approximate surface area is 148 Å². The highest BCUT2D eigenvalue weighted by Crippen LogP contribution is 2.35. The molecule has 0 aliphatic carbocycles. The first kappa shape index (κ1) is 17.9. The molecule has 138 valence electrons. The number of aromatic nitrogens is 1. The van der Waals surface area contributed by atoms with Crippen molar-refractivity contribution in [2.24, 2.45) is 0 Å². The number of morpholine rings is 1. The molecule has 2 fully saturated rings. The Morgan fingerprint density at radius 3 is 3.08 bits per heavy atom. The van der Waals surface area contributed by atoms with Crippen molar-refractivity contribution in [1.82, 2.24) is 15.2 Å². The first-order chi connectivity index (χ1) is 12.0. The van der Waals surface area contributed by atoms with Gasteiger partial charge in [0.05, 0.1) is 25.4 Å². The zero-order valence-electron chi connectivity index (χ0n) is 15.2. The molecule has 0 unspecified atom stereocenters. The molecule has 2 aliphatic rings. The standard InChI is InChI=1S/C18H27N3O4/c1-4-23-16-15(6-5-8-19-16)10-20-17(22)21-11-13(2)25-18(12-21)7-9-24-14(18)3/h5-6,8,13-14H,4,7,9-12H2,1-3H3,(H,20,22)/t13-,14-,18-/m0/s1. The van der Waals surface area contributed by atoms with Crippen LogP contribution in [0.3, 0.4) is 0 Å². The van der Waals surface area contributed by atoms with E-state index in [-0.39, 0.29) is 23.8 Å². The normalized spacial score (nSPS) is 29.0. The highest BCUT2D eigenvalue weighted by molar-refractivity contribution is 5.74. The third-order valence-corrected chi connectivity index (χ3v) is 4.85. The summed E-state index contributed by atoms with van der Waals surface area (Å²) in [5, 5.41) is 2.98. The Balaban J connectivity index is 1.63. The second-order valence-corrected chi connectivity index (χ2v) is 6.70. The average Bonchev–Trinajstić information content (AvgIpc) is 2.93. The molecule has 0 aromatic carbocycles. The van der Waals surface area contributed by atoms with E-state index in [2.05, 4.69) is 10.3 Å². The van der Waals surface area contributed by atoms with Crippen molar-refractivity contribution in [3.8, 4) is 5.88 Å². The zero-order valence-corrected chi connectivity index (χ0v) is 15.2. The van der Waals surface area contributed by atoms with Gasteiger partial charge in [0.2, 0.25) is 5.88 Å². The Bertz CT molecular complexity index is 612. The maximum Gasteiger partial charge on any atom is 0.317 e. The molecule has 1 spiro atoms. The largest absolute Gasteiger partial charge is 0.478 e. The first-order valence-corrected chi connectivity index (χ1v) is 8.93. The number of carbonyl (C=O) groups excluding carboxylic acids is 1. The van der Waals surface area contributed by atoms with Gasteiger partial charge in [-0.15, -0.1) is 0 Å². The zero-order chi connectivity index (χ0) is 17.9. The van der Waals surface area contributed by atoms with Crippen molar-refractivity contribution >= 4 is 6.03 Å². The van der Waals surface area contributed by atoms with E-state index >= 15 is 0 Å². The number of carbonyl (C=O) groups is 1. The summed E-state index contributed by atoms with van der Waals surface area (Å²) in [6.45, 7) is 8.66. The molecule has 3 rings (SSSR count). The van der Waals surface area contributed by atoms with Crippen molar-refractivity contribution in [2.75, 3.05) is 26.3 Å². The summed E-state index contributed by atoms with van der Waals surface area (Å²) < 4.78 is 17.4. The van der Waals surface area contributed by atoms with Crippen LogP contribution < -0.4 is 10.1 Å². The average molecular weight is 349 g/mol. The minimum absolute atomic E-state index is 0.00608. The summed E-state index contributed by atoms with van der Waals surface area (Å²) in [6, 6.07) is 3.65. The van der Waals surface area contributed by atoms with Crippen LogP contribution in [-0.2, 0) is 16.0 Å². The van der Waals surface area contributed by atoms with E-state index in [1.807, 2.05) is 37.8 Å².